The first-order valence-corrected chi connectivity index (χ1v) is 6.89. The van der Waals surface area contributed by atoms with Crippen LogP contribution in [0.3, 0.4) is 0 Å². The van der Waals surface area contributed by atoms with Crippen LogP contribution in [0.2, 0.25) is 0 Å². The Labute approximate surface area is 119 Å². The van der Waals surface area contributed by atoms with Crippen LogP contribution in [-0.2, 0) is 14.9 Å². The van der Waals surface area contributed by atoms with Crippen molar-refractivity contribution >= 4 is 5.97 Å². The molecule has 0 aromatic heterocycles. The molecule has 1 atom stereocenters. The third-order valence-electron chi connectivity index (χ3n) is 4.28. The van der Waals surface area contributed by atoms with Crippen molar-refractivity contribution in [3.63, 3.8) is 0 Å². The van der Waals surface area contributed by atoms with Crippen LogP contribution in [0.4, 0.5) is 0 Å². The van der Waals surface area contributed by atoms with Crippen LogP contribution in [0, 0.1) is 0 Å². The summed E-state index contributed by atoms with van der Waals surface area (Å²) >= 11 is 0. The van der Waals surface area contributed by atoms with E-state index < -0.39 is 5.60 Å². The van der Waals surface area contributed by atoms with Crippen LogP contribution in [-0.4, -0.2) is 11.6 Å². The van der Waals surface area contributed by atoms with Gasteiger partial charge in [-0.05, 0) is 18.1 Å². The number of carbonyl (C=O) groups excluding carboxylic acids is 1. The summed E-state index contributed by atoms with van der Waals surface area (Å²) in [4.78, 5) is 11.4. The lowest BCUT2D eigenvalue weighted by molar-refractivity contribution is -0.148. The molecule has 1 aliphatic rings. The monoisotopic (exact) mass is 266 g/mol. The zero-order chi connectivity index (χ0) is 14.2. The number of hydrogen-bond acceptors (Lipinski definition) is 2. The molecule has 1 aliphatic carbocycles. The minimum Gasteiger partial charge on any atom is -0.458 e. The normalized spacial score (nSPS) is 23.1. The predicted octanol–water partition coefficient (Wildman–Crippen LogP) is 3.70. The van der Waals surface area contributed by atoms with E-state index in [0.717, 1.165) is 6.42 Å². The van der Waals surface area contributed by atoms with E-state index >= 15 is 0 Å². The Morgan fingerprint density at radius 1 is 0.950 bits per heavy atom. The van der Waals surface area contributed by atoms with E-state index in [9.17, 15) is 4.79 Å². The fourth-order valence-corrected chi connectivity index (χ4v) is 3.33. The van der Waals surface area contributed by atoms with Crippen LogP contribution >= 0.6 is 0 Å². The smallest absolute Gasteiger partial charge is 0.303 e. The average Bonchev–Trinajstić information content (AvgIpc) is 3.06. The van der Waals surface area contributed by atoms with Gasteiger partial charge in [-0.1, -0.05) is 60.7 Å². The second-order valence-corrected chi connectivity index (χ2v) is 5.64. The molecule has 102 valence electrons. The lowest BCUT2D eigenvalue weighted by atomic mass is 9.85. The lowest BCUT2D eigenvalue weighted by Gasteiger charge is -2.24. The second-order valence-electron chi connectivity index (χ2n) is 5.64. The summed E-state index contributed by atoms with van der Waals surface area (Å²) in [5, 5.41) is 0. The first-order valence-electron chi connectivity index (χ1n) is 6.89. The Balaban J connectivity index is 2.10. The molecule has 0 N–H and O–H groups in total. The van der Waals surface area contributed by atoms with Crippen molar-refractivity contribution in [3.8, 4) is 0 Å². The van der Waals surface area contributed by atoms with Crippen molar-refractivity contribution in [1.82, 2.24) is 0 Å². The van der Waals surface area contributed by atoms with Crippen LogP contribution in [0.5, 0.6) is 0 Å². The largest absolute Gasteiger partial charge is 0.458 e. The van der Waals surface area contributed by atoms with Crippen LogP contribution in [0.15, 0.2) is 60.7 Å². The summed E-state index contributed by atoms with van der Waals surface area (Å²) in [6.07, 6.45) is 0.827. The molecule has 2 aromatic rings. The number of hydrogen-bond donors (Lipinski definition) is 0. The molecule has 0 bridgehead atoms. The SMILES string of the molecule is CC(=O)OC1(C)CC1(c1ccccc1)c1ccccc1. The van der Waals surface area contributed by atoms with Crippen LogP contribution in [0.1, 0.15) is 31.4 Å². The maximum atomic E-state index is 11.4. The highest BCUT2D eigenvalue weighted by Crippen LogP contribution is 2.63. The van der Waals surface area contributed by atoms with Gasteiger partial charge in [0.05, 0.1) is 5.41 Å². The van der Waals surface area contributed by atoms with E-state index in [-0.39, 0.29) is 11.4 Å². The van der Waals surface area contributed by atoms with E-state index in [2.05, 4.69) is 24.3 Å². The maximum Gasteiger partial charge on any atom is 0.303 e. The predicted molar refractivity (Wildman–Crippen MR) is 78.5 cm³/mol. The number of benzene rings is 2. The molecule has 0 aliphatic heterocycles. The molecular formula is C18H18O2. The second kappa shape index (κ2) is 4.48. The van der Waals surface area contributed by atoms with E-state index in [1.807, 2.05) is 43.3 Å². The van der Waals surface area contributed by atoms with Crippen molar-refractivity contribution in [2.75, 3.05) is 0 Å². The van der Waals surface area contributed by atoms with Gasteiger partial charge < -0.3 is 4.74 Å². The molecule has 2 aromatic carbocycles. The lowest BCUT2D eigenvalue weighted by Crippen LogP contribution is -2.27. The fourth-order valence-electron chi connectivity index (χ4n) is 3.33. The average molecular weight is 266 g/mol. The van der Waals surface area contributed by atoms with Gasteiger partial charge in [0.25, 0.3) is 0 Å². The van der Waals surface area contributed by atoms with Gasteiger partial charge in [0.15, 0.2) is 0 Å². The van der Waals surface area contributed by atoms with E-state index in [4.69, 9.17) is 4.74 Å². The highest BCUT2D eigenvalue weighted by Gasteiger charge is 2.69. The molecule has 0 heterocycles. The van der Waals surface area contributed by atoms with Crippen LogP contribution < -0.4 is 0 Å². The molecule has 1 unspecified atom stereocenters. The van der Waals surface area contributed by atoms with Gasteiger partial charge >= 0.3 is 5.97 Å². The summed E-state index contributed by atoms with van der Waals surface area (Å²) in [5.41, 5.74) is 1.73. The molecule has 20 heavy (non-hydrogen) atoms. The molecule has 0 spiro atoms. The number of esters is 1. The zero-order valence-electron chi connectivity index (χ0n) is 11.8. The van der Waals surface area contributed by atoms with Gasteiger partial charge in [-0.25, -0.2) is 0 Å². The Kier molecular flexibility index (Phi) is 2.89. The van der Waals surface area contributed by atoms with E-state index in [1.54, 1.807) is 0 Å². The van der Waals surface area contributed by atoms with Gasteiger partial charge in [0.2, 0.25) is 0 Å². The molecule has 3 rings (SSSR count). The standard InChI is InChI=1S/C18H18O2/c1-14(19)20-17(2)13-18(17,15-9-5-3-6-10-15)16-11-7-4-8-12-16/h3-12H,13H2,1-2H3. The Morgan fingerprint density at radius 3 is 1.80 bits per heavy atom. The quantitative estimate of drug-likeness (QED) is 0.792. The molecule has 0 amide bonds. The van der Waals surface area contributed by atoms with Gasteiger partial charge in [0, 0.05) is 13.3 Å². The maximum absolute atomic E-state index is 11.4. The van der Waals surface area contributed by atoms with Crippen molar-refractivity contribution in [2.45, 2.75) is 31.3 Å². The van der Waals surface area contributed by atoms with Crippen LogP contribution in [0.25, 0.3) is 0 Å². The first kappa shape index (κ1) is 12.9. The summed E-state index contributed by atoms with van der Waals surface area (Å²) in [6.45, 7) is 3.50. The van der Waals surface area contributed by atoms with Gasteiger partial charge in [-0.3, -0.25) is 4.79 Å². The van der Waals surface area contributed by atoms with Crippen molar-refractivity contribution < 1.29 is 9.53 Å². The number of rotatable bonds is 3. The summed E-state index contributed by atoms with van der Waals surface area (Å²) < 4.78 is 5.63. The summed E-state index contributed by atoms with van der Waals surface area (Å²) in [5.74, 6) is -0.221. The molecule has 0 radical (unpaired) electrons. The molecule has 0 saturated heterocycles. The Hall–Kier alpha value is -2.09. The van der Waals surface area contributed by atoms with Crippen molar-refractivity contribution in [2.24, 2.45) is 0 Å². The van der Waals surface area contributed by atoms with Crippen molar-refractivity contribution in [1.29, 1.82) is 0 Å². The third kappa shape index (κ3) is 1.83. The molecule has 1 fully saturated rings. The van der Waals surface area contributed by atoms with E-state index in [0.29, 0.717) is 0 Å². The summed E-state index contributed by atoms with van der Waals surface area (Å²) in [6, 6.07) is 20.6. The zero-order valence-corrected chi connectivity index (χ0v) is 11.8. The van der Waals surface area contributed by atoms with Gasteiger partial charge in [-0.15, -0.1) is 0 Å². The third-order valence-corrected chi connectivity index (χ3v) is 4.28. The minimum absolute atomic E-state index is 0.221. The fraction of sp³-hybridized carbons (Fsp3) is 0.278. The first-order chi connectivity index (χ1) is 9.58. The number of ether oxygens (including phenoxy) is 1. The van der Waals surface area contributed by atoms with E-state index in [1.165, 1.54) is 18.1 Å². The van der Waals surface area contributed by atoms with Gasteiger partial charge in [0.1, 0.15) is 5.60 Å². The molecular weight excluding hydrogens is 248 g/mol. The van der Waals surface area contributed by atoms with Crippen molar-refractivity contribution in [3.05, 3.63) is 71.8 Å². The highest BCUT2D eigenvalue weighted by atomic mass is 16.6. The number of carbonyl (C=O) groups is 1. The topological polar surface area (TPSA) is 26.3 Å². The minimum atomic E-state index is -0.457. The summed E-state index contributed by atoms with van der Waals surface area (Å²) in [7, 11) is 0. The van der Waals surface area contributed by atoms with Gasteiger partial charge in [-0.2, -0.15) is 0 Å². The molecule has 1 saturated carbocycles. The molecule has 2 nitrogen and oxygen atoms in total. The Morgan fingerprint density at radius 2 is 1.40 bits per heavy atom. The Bertz CT molecular complexity index is 579. The molecule has 2 heteroatoms. The highest BCUT2D eigenvalue weighted by molar-refractivity contribution is 5.68.